The van der Waals surface area contributed by atoms with E-state index in [1.165, 1.54) is 0 Å². The molecule has 102 valence electrons. The lowest BCUT2D eigenvalue weighted by Crippen LogP contribution is -2.39. The maximum Gasteiger partial charge on any atom is 0.322 e. The first kappa shape index (κ1) is 15.2. The van der Waals surface area contributed by atoms with Crippen LogP contribution < -0.4 is 10.6 Å². The summed E-state index contributed by atoms with van der Waals surface area (Å²) < 4.78 is 0.801. The molecular formula is C12H13BrN2O4. The molecule has 6 nitrogen and oxygen atoms in total. The van der Waals surface area contributed by atoms with E-state index in [0.717, 1.165) is 10.0 Å². The summed E-state index contributed by atoms with van der Waals surface area (Å²) in [6, 6.07) is 5.08. The number of benzene rings is 1. The monoisotopic (exact) mass is 328 g/mol. The zero-order valence-corrected chi connectivity index (χ0v) is 11.8. The van der Waals surface area contributed by atoms with Gasteiger partial charge in [-0.05, 0) is 24.6 Å². The average Bonchev–Trinajstić information content (AvgIpc) is 2.36. The number of carbonyl (C=O) groups excluding carboxylic acids is 2. The van der Waals surface area contributed by atoms with Crippen molar-refractivity contribution >= 4 is 33.7 Å². The summed E-state index contributed by atoms with van der Waals surface area (Å²) in [5, 5.41) is 12.9. The Morgan fingerprint density at radius 1 is 1.21 bits per heavy atom. The van der Waals surface area contributed by atoms with Gasteiger partial charge in [0.25, 0.3) is 5.91 Å². The van der Waals surface area contributed by atoms with Crippen molar-refractivity contribution in [3.8, 4) is 0 Å². The van der Waals surface area contributed by atoms with Crippen molar-refractivity contribution in [3.05, 3.63) is 33.8 Å². The Labute approximate surface area is 118 Å². The summed E-state index contributed by atoms with van der Waals surface area (Å²) in [6.07, 6.45) is 0. The highest BCUT2D eigenvalue weighted by atomic mass is 79.9. The van der Waals surface area contributed by atoms with Crippen LogP contribution in [-0.4, -0.2) is 36.0 Å². The van der Waals surface area contributed by atoms with Crippen molar-refractivity contribution in [2.24, 2.45) is 0 Å². The van der Waals surface area contributed by atoms with E-state index < -0.39 is 24.3 Å². The highest BCUT2D eigenvalue weighted by Crippen LogP contribution is 2.17. The quantitative estimate of drug-likeness (QED) is 0.741. The van der Waals surface area contributed by atoms with Crippen molar-refractivity contribution in [2.45, 2.75) is 6.92 Å². The van der Waals surface area contributed by atoms with Crippen LogP contribution in [0.3, 0.4) is 0 Å². The molecule has 2 amide bonds. The predicted octanol–water partition coefficient (Wildman–Crippen LogP) is 0.688. The van der Waals surface area contributed by atoms with Gasteiger partial charge in [0.15, 0.2) is 0 Å². The van der Waals surface area contributed by atoms with Gasteiger partial charge in [0.05, 0.1) is 6.54 Å². The van der Waals surface area contributed by atoms with E-state index in [4.69, 9.17) is 5.11 Å². The molecule has 0 atom stereocenters. The zero-order chi connectivity index (χ0) is 14.4. The molecule has 0 aliphatic carbocycles. The second kappa shape index (κ2) is 6.89. The average molecular weight is 329 g/mol. The minimum atomic E-state index is -1.14. The molecule has 0 unspecified atom stereocenters. The van der Waals surface area contributed by atoms with E-state index in [-0.39, 0.29) is 6.54 Å². The second-order valence-electron chi connectivity index (χ2n) is 3.82. The molecule has 0 spiro atoms. The summed E-state index contributed by atoms with van der Waals surface area (Å²) in [5.74, 6) is -2.09. The summed E-state index contributed by atoms with van der Waals surface area (Å²) >= 11 is 3.31. The van der Waals surface area contributed by atoms with Gasteiger partial charge >= 0.3 is 5.97 Å². The van der Waals surface area contributed by atoms with Crippen LogP contribution in [0.5, 0.6) is 0 Å². The van der Waals surface area contributed by atoms with Gasteiger partial charge in [0.2, 0.25) is 5.91 Å². The number of nitrogens with one attached hydrogen (secondary N) is 2. The first-order chi connectivity index (χ1) is 8.90. The topological polar surface area (TPSA) is 95.5 Å². The van der Waals surface area contributed by atoms with Crippen molar-refractivity contribution in [3.63, 3.8) is 0 Å². The number of aryl methyl sites for hydroxylation is 1. The highest BCUT2D eigenvalue weighted by Gasteiger charge is 2.09. The van der Waals surface area contributed by atoms with E-state index in [1.54, 1.807) is 18.2 Å². The predicted molar refractivity (Wildman–Crippen MR) is 71.9 cm³/mol. The molecule has 0 aliphatic heterocycles. The van der Waals surface area contributed by atoms with E-state index >= 15 is 0 Å². The van der Waals surface area contributed by atoms with Crippen LogP contribution in [0, 0.1) is 6.92 Å². The third kappa shape index (κ3) is 5.09. The first-order valence-corrected chi connectivity index (χ1v) is 6.22. The number of rotatable bonds is 5. The maximum absolute atomic E-state index is 11.7. The van der Waals surface area contributed by atoms with Gasteiger partial charge in [-0.25, -0.2) is 0 Å². The first-order valence-electron chi connectivity index (χ1n) is 5.43. The largest absolute Gasteiger partial charge is 0.480 e. The number of amides is 2. The minimum Gasteiger partial charge on any atom is -0.480 e. The Morgan fingerprint density at radius 3 is 2.47 bits per heavy atom. The van der Waals surface area contributed by atoms with Crippen molar-refractivity contribution in [1.82, 2.24) is 10.6 Å². The van der Waals surface area contributed by atoms with Gasteiger partial charge < -0.3 is 15.7 Å². The normalized spacial score (nSPS) is 9.79. The molecule has 7 heteroatoms. The lowest BCUT2D eigenvalue weighted by Gasteiger charge is -2.06. The van der Waals surface area contributed by atoms with Crippen molar-refractivity contribution in [2.75, 3.05) is 13.1 Å². The van der Waals surface area contributed by atoms with Gasteiger partial charge in [-0.3, -0.25) is 14.4 Å². The molecule has 0 fully saturated rings. The van der Waals surface area contributed by atoms with Gasteiger partial charge in [-0.15, -0.1) is 0 Å². The van der Waals surface area contributed by atoms with Crippen molar-refractivity contribution in [1.29, 1.82) is 0 Å². The fourth-order valence-electron chi connectivity index (χ4n) is 1.23. The molecule has 1 aromatic rings. The Kier molecular flexibility index (Phi) is 5.50. The number of hydrogen-bond donors (Lipinski definition) is 3. The zero-order valence-electron chi connectivity index (χ0n) is 10.2. The van der Waals surface area contributed by atoms with Gasteiger partial charge in [0.1, 0.15) is 6.54 Å². The number of carboxylic acid groups (broad SMARTS) is 1. The van der Waals surface area contributed by atoms with Crippen LogP contribution in [0.2, 0.25) is 0 Å². The van der Waals surface area contributed by atoms with Gasteiger partial charge in [-0.2, -0.15) is 0 Å². The van der Waals surface area contributed by atoms with Crippen LogP contribution in [0.15, 0.2) is 22.7 Å². The summed E-state index contributed by atoms with van der Waals surface area (Å²) in [6.45, 7) is 1.16. The molecule has 0 heterocycles. The van der Waals surface area contributed by atoms with E-state index in [9.17, 15) is 14.4 Å². The van der Waals surface area contributed by atoms with Crippen LogP contribution in [0.4, 0.5) is 0 Å². The Bertz CT molecular complexity index is 516. The number of hydrogen-bond acceptors (Lipinski definition) is 3. The molecule has 19 heavy (non-hydrogen) atoms. The minimum absolute atomic E-state index is 0.266. The molecule has 0 bridgehead atoms. The number of carbonyl (C=O) groups is 3. The summed E-state index contributed by atoms with van der Waals surface area (Å²) in [5.41, 5.74) is 1.42. The Hall–Kier alpha value is -1.89. The molecule has 0 saturated carbocycles. The third-order valence-corrected chi connectivity index (χ3v) is 3.13. The second-order valence-corrected chi connectivity index (χ2v) is 4.67. The molecule has 0 saturated heterocycles. The standard InChI is InChI=1S/C12H13BrN2O4/c1-7-2-3-8(4-9(7)13)12(19)15-5-10(16)14-6-11(17)18/h2-4H,5-6H2,1H3,(H,14,16)(H,15,19)(H,17,18). The lowest BCUT2D eigenvalue weighted by atomic mass is 10.1. The molecule has 1 rings (SSSR count). The Morgan fingerprint density at radius 2 is 1.89 bits per heavy atom. The van der Waals surface area contributed by atoms with Crippen LogP contribution >= 0.6 is 15.9 Å². The Balaban J connectivity index is 2.49. The van der Waals surface area contributed by atoms with E-state index in [1.807, 2.05) is 6.92 Å². The SMILES string of the molecule is Cc1ccc(C(=O)NCC(=O)NCC(=O)O)cc1Br. The lowest BCUT2D eigenvalue weighted by molar-refractivity contribution is -0.137. The molecule has 1 aromatic carbocycles. The molecule has 0 aliphatic rings. The highest BCUT2D eigenvalue weighted by molar-refractivity contribution is 9.10. The number of carboxylic acids is 1. The van der Waals surface area contributed by atoms with Crippen LogP contribution in [0.25, 0.3) is 0 Å². The van der Waals surface area contributed by atoms with E-state index in [0.29, 0.717) is 5.56 Å². The maximum atomic E-state index is 11.7. The van der Waals surface area contributed by atoms with Crippen LogP contribution in [-0.2, 0) is 9.59 Å². The molecular weight excluding hydrogens is 316 g/mol. The smallest absolute Gasteiger partial charge is 0.322 e. The summed E-state index contributed by atoms with van der Waals surface area (Å²) in [4.78, 5) is 33.2. The van der Waals surface area contributed by atoms with Gasteiger partial charge in [0, 0.05) is 10.0 Å². The van der Waals surface area contributed by atoms with Gasteiger partial charge in [-0.1, -0.05) is 22.0 Å². The number of halogens is 1. The molecule has 0 aromatic heterocycles. The molecule has 0 radical (unpaired) electrons. The van der Waals surface area contributed by atoms with Crippen LogP contribution in [0.1, 0.15) is 15.9 Å². The fourth-order valence-corrected chi connectivity index (χ4v) is 1.61. The summed E-state index contributed by atoms with van der Waals surface area (Å²) in [7, 11) is 0. The fraction of sp³-hybridized carbons (Fsp3) is 0.250. The number of aliphatic carboxylic acids is 1. The van der Waals surface area contributed by atoms with E-state index in [2.05, 4.69) is 26.6 Å². The van der Waals surface area contributed by atoms with Crippen molar-refractivity contribution < 1.29 is 19.5 Å². The molecule has 3 N–H and O–H groups in total. The third-order valence-electron chi connectivity index (χ3n) is 2.28.